The van der Waals surface area contributed by atoms with E-state index >= 15 is 0 Å². The lowest BCUT2D eigenvalue weighted by Crippen LogP contribution is -2.39. The number of hydrogen-bond acceptors (Lipinski definition) is 7. The average Bonchev–Trinajstić information content (AvgIpc) is 2.70. The van der Waals surface area contributed by atoms with Crippen molar-refractivity contribution >= 4 is 11.6 Å². The van der Waals surface area contributed by atoms with Crippen LogP contribution < -0.4 is 24.8 Å². The van der Waals surface area contributed by atoms with Gasteiger partial charge in [-0.25, -0.2) is 0 Å². The van der Waals surface area contributed by atoms with Crippen LogP contribution in [0.1, 0.15) is 6.92 Å². The number of anilines is 1. The van der Waals surface area contributed by atoms with Crippen LogP contribution in [0.25, 0.3) is 0 Å². The smallest absolute Gasteiger partial charge is 0.262 e. The molecule has 1 aliphatic rings. The van der Waals surface area contributed by atoms with Crippen LogP contribution in [0.5, 0.6) is 23.0 Å². The van der Waals surface area contributed by atoms with Gasteiger partial charge in [0.25, 0.3) is 5.91 Å². The molecule has 2 unspecified atom stereocenters. The van der Waals surface area contributed by atoms with Crippen LogP contribution >= 0.6 is 0 Å². The van der Waals surface area contributed by atoms with E-state index < -0.39 is 6.10 Å². The molecule has 0 fully saturated rings. The van der Waals surface area contributed by atoms with Crippen LogP contribution in [0.4, 0.5) is 5.69 Å². The number of nitrogens with one attached hydrogen (secondary N) is 2. The maximum atomic E-state index is 11.3. The number of hydrogen-bond donors (Lipinski definition) is 4. The van der Waals surface area contributed by atoms with E-state index in [-0.39, 0.29) is 30.9 Å². The molecule has 8 nitrogen and oxygen atoms in total. The van der Waals surface area contributed by atoms with Crippen molar-refractivity contribution in [1.82, 2.24) is 5.32 Å². The monoisotopic (exact) mass is 388 g/mol. The summed E-state index contributed by atoms with van der Waals surface area (Å²) in [6.45, 7) is 2.83. The van der Waals surface area contributed by atoms with E-state index in [1.165, 1.54) is 12.1 Å². The normalized spacial score (nSPS) is 15.0. The summed E-state index contributed by atoms with van der Waals surface area (Å²) < 4.78 is 16.6. The van der Waals surface area contributed by atoms with Crippen molar-refractivity contribution < 1.29 is 29.2 Å². The number of aliphatic hydroxyl groups excluding tert-OH is 1. The third kappa shape index (κ3) is 5.77. The van der Waals surface area contributed by atoms with Gasteiger partial charge in [0.05, 0.1) is 5.69 Å². The highest BCUT2D eigenvalue weighted by molar-refractivity contribution is 5.95. The second kappa shape index (κ2) is 9.29. The third-order valence-corrected chi connectivity index (χ3v) is 4.07. The summed E-state index contributed by atoms with van der Waals surface area (Å²) in [5.41, 5.74) is 0.631. The standard InChI is InChI=1S/C20H24N2O6/c1-13(21-9-15(24)11-27-16-4-2-14(23)3-5-16)10-26-17-6-7-18-19(8-17)28-12-20(25)22-18/h2-8,13,15,21,23-24H,9-12H2,1H3,(H,22,25). The minimum Gasteiger partial charge on any atom is -0.508 e. The van der Waals surface area contributed by atoms with Crippen molar-refractivity contribution in [2.45, 2.75) is 19.1 Å². The second-order valence-electron chi connectivity index (χ2n) is 6.57. The van der Waals surface area contributed by atoms with E-state index in [0.29, 0.717) is 36.1 Å². The molecule has 2 atom stereocenters. The Morgan fingerprint density at radius 2 is 1.86 bits per heavy atom. The maximum Gasteiger partial charge on any atom is 0.262 e. The number of rotatable bonds is 9. The Morgan fingerprint density at radius 1 is 1.14 bits per heavy atom. The van der Waals surface area contributed by atoms with E-state index in [9.17, 15) is 15.0 Å². The first-order valence-electron chi connectivity index (χ1n) is 9.02. The summed E-state index contributed by atoms with van der Waals surface area (Å²) in [5.74, 6) is 1.80. The van der Waals surface area contributed by atoms with Crippen LogP contribution in [-0.2, 0) is 4.79 Å². The van der Waals surface area contributed by atoms with Gasteiger partial charge in [0.15, 0.2) is 6.61 Å². The Morgan fingerprint density at radius 3 is 2.64 bits per heavy atom. The molecule has 8 heteroatoms. The van der Waals surface area contributed by atoms with Gasteiger partial charge in [0, 0.05) is 18.7 Å². The fourth-order valence-electron chi connectivity index (χ4n) is 2.56. The summed E-state index contributed by atoms with van der Waals surface area (Å²) in [7, 11) is 0. The molecule has 4 N–H and O–H groups in total. The van der Waals surface area contributed by atoms with Crippen LogP contribution in [0.2, 0.25) is 0 Å². The predicted octanol–water partition coefficient (Wildman–Crippen LogP) is 1.52. The Hall–Kier alpha value is -2.97. The third-order valence-electron chi connectivity index (χ3n) is 4.07. The van der Waals surface area contributed by atoms with E-state index in [1.807, 2.05) is 6.92 Å². The van der Waals surface area contributed by atoms with Gasteiger partial charge in [-0.15, -0.1) is 0 Å². The number of aromatic hydroxyl groups is 1. The molecule has 1 aliphatic heterocycles. The minimum absolute atomic E-state index is 0.0000223. The average molecular weight is 388 g/mol. The predicted molar refractivity (Wildman–Crippen MR) is 103 cm³/mol. The molecular weight excluding hydrogens is 364 g/mol. The summed E-state index contributed by atoms with van der Waals surface area (Å²) in [4.78, 5) is 11.3. The maximum absolute atomic E-state index is 11.3. The highest BCUT2D eigenvalue weighted by atomic mass is 16.5. The molecule has 0 saturated carbocycles. The van der Waals surface area contributed by atoms with Gasteiger partial charge in [0.1, 0.15) is 42.3 Å². The van der Waals surface area contributed by atoms with Crippen molar-refractivity contribution in [3.05, 3.63) is 42.5 Å². The van der Waals surface area contributed by atoms with Crippen LogP contribution in [-0.4, -0.2) is 54.6 Å². The van der Waals surface area contributed by atoms with Crippen LogP contribution in [0.15, 0.2) is 42.5 Å². The lowest BCUT2D eigenvalue weighted by atomic mass is 10.2. The molecule has 28 heavy (non-hydrogen) atoms. The highest BCUT2D eigenvalue weighted by Crippen LogP contribution is 2.31. The van der Waals surface area contributed by atoms with Gasteiger partial charge in [-0.3, -0.25) is 4.79 Å². The van der Waals surface area contributed by atoms with E-state index in [1.54, 1.807) is 30.3 Å². The van der Waals surface area contributed by atoms with E-state index in [0.717, 1.165) is 0 Å². The lowest BCUT2D eigenvalue weighted by Gasteiger charge is -2.20. The molecule has 0 radical (unpaired) electrons. The van der Waals surface area contributed by atoms with Gasteiger partial charge in [-0.1, -0.05) is 0 Å². The molecule has 3 rings (SSSR count). The number of carbonyl (C=O) groups excluding carboxylic acids is 1. The first-order valence-corrected chi connectivity index (χ1v) is 9.02. The Kier molecular flexibility index (Phi) is 6.57. The van der Waals surface area contributed by atoms with Gasteiger partial charge in [0.2, 0.25) is 0 Å². The quantitative estimate of drug-likeness (QED) is 0.516. The SMILES string of the molecule is CC(COc1ccc2c(c1)OCC(=O)N2)NCC(O)COc1ccc(O)cc1. The molecule has 1 amide bonds. The summed E-state index contributed by atoms with van der Waals surface area (Å²) in [6.07, 6.45) is -0.683. The molecule has 0 aromatic heterocycles. The number of amides is 1. The molecule has 1 heterocycles. The van der Waals surface area contributed by atoms with Crippen molar-refractivity contribution in [2.75, 3.05) is 31.7 Å². The van der Waals surface area contributed by atoms with Crippen LogP contribution in [0, 0.1) is 0 Å². The summed E-state index contributed by atoms with van der Waals surface area (Å²) >= 11 is 0. The fraction of sp³-hybridized carbons (Fsp3) is 0.350. The Balaban J connectivity index is 1.36. The molecule has 2 aromatic rings. The van der Waals surface area contributed by atoms with Crippen molar-refractivity contribution in [1.29, 1.82) is 0 Å². The summed E-state index contributed by atoms with van der Waals surface area (Å²) in [5, 5.41) is 25.2. The first-order chi connectivity index (χ1) is 13.5. The zero-order chi connectivity index (χ0) is 19.9. The number of aliphatic hydroxyl groups is 1. The van der Waals surface area contributed by atoms with Gasteiger partial charge in [-0.2, -0.15) is 0 Å². The van der Waals surface area contributed by atoms with Gasteiger partial charge in [-0.05, 0) is 43.3 Å². The second-order valence-corrected chi connectivity index (χ2v) is 6.57. The molecule has 0 spiro atoms. The topological polar surface area (TPSA) is 109 Å². The first kappa shape index (κ1) is 19.8. The Labute approximate surface area is 163 Å². The number of phenols is 1. The van der Waals surface area contributed by atoms with Crippen molar-refractivity contribution in [3.63, 3.8) is 0 Å². The largest absolute Gasteiger partial charge is 0.508 e. The molecule has 0 aliphatic carbocycles. The van der Waals surface area contributed by atoms with Crippen LogP contribution in [0.3, 0.4) is 0 Å². The zero-order valence-corrected chi connectivity index (χ0v) is 15.6. The number of benzene rings is 2. The van der Waals surface area contributed by atoms with E-state index in [2.05, 4.69) is 10.6 Å². The minimum atomic E-state index is -0.683. The molecule has 2 aromatic carbocycles. The van der Waals surface area contributed by atoms with Crippen molar-refractivity contribution in [3.8, 4) is 23.0 Å². The molecule has 0 bridgehead atoms. The number of phenolic OH excluding ortho intramolecular Hbond substituents is 1. The van der Waals surface area contributed by atoms with E-state index in [4.69, 9.17) is 14.2 Å². The van der Waals surface area contributed by atoms with Gasteiger partial charge < -0.3 is 35.1 Å². The van der Waals surface area contributed by atoms with Gasteiger partial charge >= 0.3 is 0 Å². The molecular formula is C20H24N2O6. The Bertz CT molecular complexity index is 796. The summed E-state index contributed by atoms with van der Waals surface area (Å²) in [6, 6.07) is 11.6. The number of carbonyl (C=O) groups is 1. The van der Waals surface area contributed by atoms with Crippen molar-refractivity contribution in [2.24, 2.45) is 0 Å². The number of fused-ring (bicyclic) bond motifs is 1. The molecule has 0 saturated heterocycles. The zero-order valence-electron chi connectivity index (χ0n) is 15.6. The highest BCUT2D eigenvalue weighted by Gasteiger charge is 2.16. The lowest BCUT2D eigenvalue weighted by molar-refractivity contribution is -0.118. The molecule has 150 valence electrons. The fourth-order valence-corrected chi connectivity index (χ4v) is 2.56. The number of ether oxygens (including phenoxy) is 3.